The topological polar surface area (TPSA) is 56.7 Å². The molecule has 0 radical (unpaired) electrons. The molecule has 0 spiro atoms. The number of hydrogen-bond donors (Lipinski definition) is 1. The summed E-state index contributed by atoms with van der Waals surface area (Å²) in [5, 5.41) is 4.80. The van der Waals surface area contributed by atoms with Crippen LogP contribution in [0.5, 0.6) is 0 Å². The Morgan fingerprint density at radius 1 is 1.60 bits per heavy atom. The fourth-order valence-corrected chi connectivity index (χ4v) is 2.29. The molecule has 1 heterocycles. The van der Waals surface area contributed by atoms with Gasteiger partial charge in [-0.15, -0.1) is 0 Å². The van der Waals surface area contributed by atoms with E-state index in [-0.39, 0.29) is 0 Å². The van der Waals surface area contributed by atoms with E-state index in [4.69, 9.17) is 5.73 Å². The number of rotatable bonds is 7. The second-order valence-corrected chi connectivity index (χ2v) is 5.03. The average Bonchev–Trinajstić information content (AvgIpc) is 2.64. The number of hydrogen-bond acceptors (Lipinski definition) is 4. The van der Waals surface area contributed by atoms with Gasteiger partial charge < -0.3 is 5.73 Å². The van der Waals surface area contributed by atoms with Crippen LogP contribution in [0, 0.1) is 0 Å². The van der Waals surface area contributed by atoms with Crippen LogP contribution in [-0.4, -0.2) is 26.6 Å². The predicted octanol–water partition coefficient (Wildman–Crippen LogP) is 1.66. The monoisotopic (exact) mass is 228 g/mol. The summed E-state index contributed by atoms with van der Waals surface area (Å²) in [7, 11) is 0. The second kappa shape index (κ2) is 6.85. The Morgan fingerprint density at radius 2 is 2.40 bits per heavy atom. The summed E-state index contributed by atoms with van der Waals surface area (Å²) in [6.07, 6.45) is 3.80. The molecule has 4 nitrogen and oxygen atoms in total. The lowest BCUT2D eigenvalue weighted by Gasteiger charge is -2.09. The molecule has 1 rings (SSSR count). The molecule has 2 N–H and O–H groups in total. The van der Waals surface area contributed by atoms with Crippen LogP contribution >= 0.6 is 11.8 Å². The van der Waals surface area contributed by atoms with Crippen molar-refractivity contribution in [3.63, 3.8) is 0 Å². The van der Waals surface area contributed by atoms with Crippen LogP contribution in [-0.2, 0) is 12.3 Å². The van der Waals surface area contributed by atoms with E-state index in [0.717, 1.165) is 37.5 Å². The number of nitrogens with zero attached hydrogens (tertiary/aromatic N) is 3. The van der Waals surface area contributed by atoms with Crippen LogP contribution in [0.3, 0.4) is 0 Å². The zero-order valence-electron chi connectivity index (χ0n) is 9.52. The molecular weight excluding hydrogens is 208 g/mol. The van der Waals surface area contributed by atoms with Crippen molar-refractivity contribution in [2.24, 2.45) is 5.73 Å². The van der Waals surface area contributed by atoms with E-state index in [1.165, 1.54) is 0 Å². The quantitative estimate of drug-likeness (QED) is 0.771. The van der Waals surface area contributed by atoms with Crippen LogP contribution in [0.4, 0.5) is 0 Å². The van der Waals surface area contributed by atoms with Gasteiger partial charge in [-0.05, 0) is 19.4 Å². The molecule has 5 heteroatoms. The SMILES string of the molecule is CCCn1ncnc1CSC(C)CCN. The van der Waals surface area contributed by atoms with Gasteiger partial charge in [-0.2, -0.15) is 16.9 Å². The van der Waals surface area contributed by atoms with Crippen molar-refractivity contribution >= 4 is 11.8 Å². The molecule has 1 unspecified atom stereocenters. The molecule has 0 bridgehead atoms. The van der Waals surface area contributed by atoms with Gasteiger partial charge in [-0.3, -0.25) is 0 Å². The van der Waals surface area contributed by atoms with Crippen LogP contribution in [0.2, 0.25) is 0 Å². The number of aryl methyl sites for hydroxylation is 1. The Bertz CT molecular complexity index is 274. The molecule has 1 atom stereocenters. The second-order valence-electron chi connectivity index (χ2n) is 3.60. The Morgan fingerprint density at radius 3 is 3.07 bits per heavy atom. The molecule has 0 saturated heterocycles. The molecule has 0 aliphatic carbocycles. The first-order valence-corrected chi connectivity index (χ1v) is 6.51. The van der Waals surface area contributed by atoms with E-state index in [1.807, 2.05) is 16.4 Å². The van der Waals surface area contributed by atoms with Gasteiger partial charge in [0.25, 0.3) is 0 Å². The summed E-state index contributed by atoms with van der Waals surface area (Å²) in [5.41, 5.74) is 5.51. The minimum absolute atomic E-state index is 0.599. The van der Waals surface area contributed by atoms with Gasteiger partial charge in [0.15, 0.2) is 0 Å². The molecule has 86 valence electrons. The molecule has 0 saturated carbocycles. The molecule has 0 aliphatic rings. The highest BCUT2D eigenvalue weighted by Gasteiger charge is 2.06. The third kappa shape index (κ3) is 4.22. The Hall–Kier alpha value is -0.550. The zero-order chi connectivity index (χ0) is 11.1. The van der Waals surface area contributed by atoms with Gasteiger partial charge >= 0.3 is 0 Å². The van der Waals surface area contributed by atoms with Crippen molar-refractivity contribution in [1.29, 1.82) is 0 Å². The maximum atomic E-state index is 5.51. The molecule has 15 heavy (non-hydrogen) atoms. The van der Waals surface area contributed by atoms with E-state index in [9.17, 15) is 0 Å². The Labute approximate surface area is 95.6 Å². The van der Waals surface area contributed by atoms with Crippen molar-refractivity contribution in [3.8, 4) is 0 Å². The summed E-state index contributed by atoms with van der Waals surface area (Å²) in [6.45, 7) is 6.07. The third-order valence-electron chi connectivity index (χ3n) is 2.20. The van der Waals surface area contributed by atoms with Gasteiger partial charge in [0.1, 0.15) is 12.2 Å². The minimum Gasteiger partial charge on any atom is -0.330 e. The highest BCUT2D eigenvalue weighted by atomic mass is 32.2. The first kappa shape index (κ1) is 12.5. The van der Waals surface area contributed by atoms with E-state index in [1.54, 1.807) is 6.33 Å². The fraction of sp³-hybridized carbons (Fsp3) is 0.800. The zero-order valence-corrected chi connectivity index (χ0v) is 10.3. The normalized spacial score (nSPS) is 13.0. The molecule has 0 aromatic carbocycles. The minimum atomic E-state index is 0.599. The standard InChI is InChI=1S/C10H20N4S/c1-3-6-14-10(12-8-13-14)7-15-9(2)4-5-11/h8-9H,3-7,11H2,1-2H3. The summed E-state index contributed by atoms with van der Waals surface area (Å²) in [4.78, 5) is 4.27. The van der Waals surface area contributed by atoms with Crippen molar-refractivity contribution in [2.75, 3.05) is 6.54 Å². The highest BCUT2D eigenvalue weighted by Crippen LogP contribution is 2.18. The fourth-order valence-electron chi connectivity index (χ4n) is 1.33. The van der Waals surface area contributed by atoms with Crippen molar-refractivity contribution in [2.45, 2.75) is 44.2 Å². The van der Waals surface area contributed by atoms with Crippen molar-refractivity contribution < 1.29 is 0 Å². The molecule has 1 aromatic rings. The summed E-state index contributed by atoms with van der Waals surface area (Å²) >= 11 is 1.90. The lowest BCUT2D eigenvalue weighted by Crippen LogP contribution is -2.09. The molecule has 0 aliphatic heterocycles. The van der Waals surface area contributed by atoms with E-state index in [2.05, 4.69) is 23.9 Å². The molecule has 0 fully saturated rings. The smallest absolute Gasteiger partial charge is 0.138 e. The lowest BCUT2D eigenvalue weighted by atomic mass is 10.3. The van der Waals surface area contributed by atoms with Crippen molar-refractivity contribution in [3.05, 3.63) is 12.2 Å². The largest absolute Gasteiger partial charge is 0.330 e. The summed E-state index contributed by atoms with van der Waals surface area (Å²) in [6, 6.07) is 0. The average molecular weight is 228 g/mol. The van der Waals surface area contributed by atoms with Gasteiger partial charge in [-0.25, -0.2) is 9.67 Å². The van der Waals surface area contributed by atoms with E-state index >= 15 is 0 Å². The summed E-state index contributed by atoms with van der Waals surface area (Å²) < 4.78 is 1.99. The highest BCUT2D eigenvalue weighted by molar-refractivity contribution is 7.99. The first-order valence-electron chi connectivity index (χ1n) is 5.46. The van der Waals surface area contributed by atoms with Crippen molar-refractivity contribution in [1.82, 2.24) is 14.8 Å². The Kier molecular flexibility index (Phi) is 5.71. The maximum absolute atomic E-state index is 5.51. The van der Waals surface area contributed by atoms with Crippen LogP contribution < -0.4 is 5.73 Å². The van der Waals surface area contributed by atoms with E-state index < -0.39 is 0 Å². The number of nitrogens with two attached hydrogens (primary N) is 1. The number of thioether (sulfide) groups is 1. The maximum Gasteiger partial charge on any atom is 0.138 e. The van der Waals surface area contributed by atoms with E-state index in [0.29, 0.717) is 5.25 Å². The third-order valence-corrected chi connectivity index (χ3v) is 3.43. The number of aromatic nitrogens is 3. The molecule has 0 amide bonds. The van der Waals surface area contributed by atoms with Gasteiger partial charge in [0.2, 0.25) is 0 Å². The van der Waals surface area contributed by atoms with Crippen LogP contribution in [0.1, 0.15) is 32.5 Å². The van der Waals surface area contributed by atoms with Gasteiger partial charge in [-0.1, -0.05) is 13.8 Å². The predicted molar refractivity (Wildman–Crippen MR) is 64.7 cm³/mol. The summed E-state index contributed by atoms with van der Waals surface area (Å²) in [5.74, 6) is 2.01. The molecular formula is C10H20N4S. The van der Waals surface area contributed by atoms with Crippen LogP contribution in [0.15, 0.2) is 6.33 Å². The molecule has 1 aromatic heterocycles. The Balaban J connectivity index is 2.39. The lowest BCUT2D eigenvalue weighted by molar-refractivity contribution is 0.581. The van der Waals surface area contributed by atoms with Gasteiger partial charge in [0, 0.05) is 11.8 Å². The first-order chi connectivity index (χ1) is 7.27. The van der Waals surface area contributed by atoms with Crippen LogP contribution in [0.25, 0.3) is 0 Å². The van der Waals surface area contributed by atoms with Gasteiger partial charge in [0.05, 0.1) is 5.75 Å².